The zero-order valence-corrected chi connectivity index (χ0v) is 28.9. The number of likely N-dealkylation sites (tertiary alicyclic amines) is 1. The summed E-state index contributed by atoms with van der Waals surface area (Å²) in [6.45, 7) is 6.12. The number of alkyl halides is 3. The number of ether oxygens (including phenoxy) is 1. The molecule has 53 heavy (non-hydrogen) atoms. The number of halogens is 3. The fraction of sp³-hybridized carbons (Fsp3) is 0.289. The molecule has 0 saturated carbocycles. The minimum atomic E-state index is -4.63. The number of hydrogen-bond acceptors (Lipinski definition) is 8. The Morgan fingerprint density at radius 2 is 1.92 bits per heavy atom. The van der Waals surface area contributed by atoms with E-state index in [2.05, 4.69) is 22.0 Å². The number of nitrogens with zero attached hydrogens (tertiary/aromatic N) is 4. The fourth-order valence-electron chi connectivity index (χ4n) is 6.92. The summed E-state index contributed by atoms with van der Waals surface area (Å²) in [7, 11) is 0. The molecule has 1 aliphatic carbocycles. The van der Waals surface area contributed by atoms with Crippen LogP contribution < -0.4 is 16.6 Å². The van der Waals surface area contributed by atoms with E-state index in [0.29, 0.717) is 49.3 Å². The van der Waals surface area contributed by atoms with Gasteiger partial charge in [-0.1, -0.05) is 49.1 Å². The van der Waals surface area contributed by atoms with Crippen LogP contribution in [0.3, 0.4) is 0 Å². The van der Waals surface area contributed by atoms with Crippen molar-refractivity contribution < 1.29 is 32.6 Å². The molecule has 0 atom stereocenters. The lowest BCUT2D eigenvalue weighted by Crippen LogP contribution is -2.47. The smallest absolute Gasteiger partial charge is 0.416 e. The topological polar surface area (TPSA) is 168 Å². The highest BCUT2D eigenvalue weighted by atomic mass is 19.4. The monoisotopic (exact) mass is 729 g/mol. The second-order valence-corrected chi connectivity index (χ2v) is 12.8. The molecule has 3 heterocycles. The summed E-state index contributed by atoms with van der Waals surface area (Å²) in [5.41, 5.74) is 5.90. The first-order valence-corrected chi connectivity index (χ1v) is 16.9. The molecular weight excluding hydrogens is 691 g/mol. The molecule has 2 aromatic carbocycles. The quantitative estimate of drug-likeness (QED) is 0.106. The molecule has 0 unspecified atom stereocenters. The van der Waals surface area contributed by atoms with E-state index in [-0.39, 0.29) is 41.6 Å². The van der Waals surface area contributed by atoms with Crippen molar-refractivity contribution in [2.24, 2.45) is 0 Å². The number of aliphatic hydroxyl groups excluding tert-OH is 1. The molecule has 15 heteroatoms. The first kappa shape index (κ1) is 36.8. The van der Waals surface area contributed by atoms with E-state index in [9.17, 15) is 32.7 Å². The van der Waals surface area contributed by atoms with Crippen LogP contribution in [0.4, 0.5) is 24.5 Å². The Labute approximate surface area is 302 Å². The summed E-state index contributed by atoms with van der Waals surface area (Å²) >= 11 is 0. The molecule has 2 amide bonds. The lowest BCUT2D eigenvalue weighted by Gasteiger charge is -2.40. The van der Waals surface area contributed by atoms with Crippen LogP contribution in [0.5, 0.6) is 0 Å². The van der Waals surface area contributed by atoms with Crippen molar-refractivity contribution in [1.29, 1.82) is 0 Å². The van der Waals surface area contributed by atoms with E-state index in [1.54, 1.807) is 30.1 Å². The molecule has 2 aliphatic heterocycles. The van der Waals surface area contributed by atoms with Gasteiger partial charge in [-0.25, -0.2) is 14.6 Å². The van der Waals surface area contributed by atoms with Crippen molar-refractivity contribution >= 4 is 28.8 Å². The third kappa shape index (κ3) is 7.37. The number of rotatable bonds is 7. The maximum absolute atomic E-state index is 15.0. The number of carbonyl (C=O) groups excluding carboxylic acids is 2. The van der Waals surface area contributed by atoms with Gasteiger partial charge in [0, 0.05) is 24.1 Å². The number of hydrogen-bond donors (Lipinski definition) is 4. The van der Waals surface area contributed by atoms with Crippen molar-refractivity contribution in [3.05, 3.63) is 124 Å². The van der Waals surface area contributed by atoms with Gasteiger partial charge in [-0.3, -0.25) is 19.5 Å². The number of piperidine rings is 1. The standard InChI is InChI=1S/C38H38F3N7O5/c1-3-4-9-30(49)23(2)35(51)47-16-14-37(15-17-47)27-8-6-5-7-26(27)33-32(37)36(52)48(46-34(44-22-43-33)24-12-18-53-19-13-24)21-31(50)45-29-11-10-25(20-28(29)42)38(39,40)41/h3-12,20,22,49H,2,13-19,21,42H2,1H3,(H,45,50)(H,43,44,46)/b4-3-,30-9+. The molecule has 276 valence electrons. The number of nitrogens with two attached hydrogens (primary N) is 1. The number of aromatic amines is 1. The molecule has 12 nitrogen and oxygen atoms in total. The maximum atomic E-state index is 15.0. The molecule has 5 N–H and O–H groups in total. The molecule has 1 aromatic heterocycles. The first-order valence-electron chi connectivity index (χ1n) is 16.9. The number of aliphatic hydroxyl groups is 1. The Morgan fingerprint density at radius 1 is 1.17 bits per heavy atom. The number of nitrogen functional groups attached to an aromatic ring is 1. The predicted octanol–water partition coefficient (Wildman–Crippen LogP) is 5.60. The van der Waals surface area contributed by atoms with Gasteiger partial charge in [-0.2, -0.15) is 13.2 Å². The normalized spacial score (nSPS) is 16.5. The van der Waals surface area contributed by atoms with Gasteiger partial charge in [0.1, 0.15) is 24.5 Å². The Bertz CT molecular complexity index is 2170. The largest absolute Gasteiger partial charge is 0.507 e. The third-order valence-electron chi connectivity index (χ3n) is 9.63. The zero-order chi connectivity index (χ0) is 37.9. The highest BCUT2D eigenvalue weighted by Crippen LogP contribution is 2.51. The number of nitrogens with one attached hydrogen (secondary N) is 2. The van der Waals surface area contributed by atoms with E-state index in [1.165, 1.54) is 12.4 Å². The van der Waals surface area contributed by atoms with Crippen LogP contribution in [0.25, 0.3) is 16.8 Å². The predicted molar refractivity (Wildman–Crippen MR) is 193 cm³/mol. The highest BCUT2D eigenvalue weighted by Gasteiger charge is 2.48. The van der Waals surface area contributed by atoms with E-state index >= 15 is 0 Å². The van der Waals surface area contributed by atoms with Gasteiger partial charge in [0.2, 0.25) is 5.91 Å². The molecule has 1 spiro atoms. The van der Waals surface area contributed by atoms with Crippen molar-refractivity contribution in [3.63, 3.8) is 0 Å². The van der Waals surface area contributed by atoms with E-state index in [0.717, 1.165) is 34.0 Å². The second kappa shape index (κ2) is 14.9. The van der Waals surface area contributed by atoms with Crippen molar-refractivity contribution in [1.82, 2.24) is 24.6 Å². The van der Waals surface area contributed by atoms with Crippen LogP contribution in [-0.2, 0) is 32.5 Å². The number of amides is 2. The van der Waals surface area contributed by atoms with Crippen LogP contribution >= 0.6 is 0 Å². The van der Waals surface area contributed by atoms with Gasteiger partial charge >= 0.3 is 6.18 Å². The van der Waals surface area contributed by atoms with E-state index in [4.69, 9.17) is 15.5 Å². The zero-order valence-electron chi connectivity index (χ0n) is 28.9. The number of aromatic nitrogens is 4. The number of fused-ring (bicyclic) bond motifs is 5. The molecule has 1 fully saturated rings. The summed E-state index contributed by atoms with van der Waals surface area (Å²) in [5.74, 6) is -1.17. The van der Waals surface area contributed by atoms with Gasteiger partial charge < -0.3 is 25.8 Å². The highest BCUT2D eigenvalue weighted by molar-refractivity contribution is 5.97. The average molecular weight is 730 g/mol. The summed E-state index contributed by atoms with van der Waals surface area (Å²) in [6.07, 6.45) is 4.29. The average Bonchev–Trinajstić information content (AvgIpc) is 3.44. The molecule has 6 rings (SSSR count). The van der Waals surface area contributed by atoms with Crippen molar-refractivity contribution in [2.45, 2.75) is 44.3 Å². The number of anilines is 2. The molecule has 0 radical (unpaired) electrons. The fourth-order valence-corrected chi connectivity index (χ4v) is 6.92. The summed E-state index contributed by atoms with van der Waals surface area (Å²) < 4.78 is 46.4. The second-order valence-electron chi connectivity index (χ2n) is 12.8. The summed E-state index contributed by atoms with van der Waals surface area (Å²) in [6, 6.07) is 10.0. The van der Waals surface area contributed by atoms with E-state index < -0.39 is 41.1 Å². The van der Waals surface area contributed by atoms with Gasteiger partial charge in [-0.05, 0) is 61.6 Å². The summed E-state index contributed by atoms with van der Waals surface area (Å²) in [4.78, 5) is 52.8. The van der Waals surface area contributed by atoms with Gasteiger partial charge in [0.15, 0.2) is 0 Å². The number of carbonyl (C=O) groups is 2. The molecule has 0 bridgehead atoms. The SMILES string of the molecule is C=C(C(=O)N1CCC2(CC1)c1ccccc1-c1ncnc(C3=CCOCC3)[nH]n(CC(=O)Nc3ccc(C(F)(F)F)cc3N)c(=O)c12)/C(O)=C\C=C/C. The molecule has 3 aliphatic rings. The minimum Gasteiger partial charge on any atom is -0.507 e. The van der Waals surface area contributed by atoms with E-state index in [1.807, 2.05) is 24.3 Å². The van der Waals surface area contributed by atoms with Crippen LogP contribution in [0.2, 0.25) is 0 Å². The Balaban J connectivity index is 1.44. The van der Waals surface area contributed by atoms with Gasteiger partial charge in [0.25, 0.3) is 11.5 Å². The molecule has 1 saturated heterocycles. The van der Waals surface area contributed by atoms with Crippen molar-refractivity contribution in [2.75, 3.05) is 37.4 Å². The maximum Gasteiger partial charge on any atom is 0.416 e. The van der Waals surface area contributed by atoms with Crippen LogP contribution in [-0.4, -0.2) is 67.9 Å². The Morgan fingerprint density at radius 3 is 2.60 bits per heavy atom. The number of allylic oxidation sites excluding steroid dienone is 3. The first-order chi connectivity index (χ1) is 25.3. The van der Waals surface area contributed by atoms with Crippen LogP contribution in [0.15, 0.2) is 95.8 Å². The Hall–Kier alpha value is -5.96. The minimum absolute atomic E-state index is 0.0565. The van der Waals surface area contributed by atoms with Crippen LogP contribution in [0.1, 0.15) is 48.7 Å². The third-order valence-corrected chi connectivity index (χ3v) is 9.63. The Kier molecular flexibility index (Phi) is 10.4. The molecular formula is C38H38F3N7O5. The number of benzene rings is 2. The summed E-state index contributed by atoms with van der Waals surface area (Å²) in [5, 5.41) is 16.0. The van der Waals surface area contributed by atoms with Gasteiger partial charge in [0.05, 0.1) is 47.0 Å². The van der Waals surface area contributed by atoms with Crippen molar-refractivity contribution in [3.8, 4) is 11.3 Å². The lowest BCUT2D eigenvalue weighted by atomic mass is 9.71. The number of H-pyrrole nitrogens is 1. The van der Waals surface area contributed by atoms with Gasteiger partial charge in [-0.15, -0.1) is 0 Å². The molecule has 3 aromatic rings. The van der Waals surface area contributed by atoms with Crippen LogP contribution in [0, 0.1) is 0 Å². The lowest BCUT2D eigenvalue weighted by molar-refractivity contribution is -0.137.